The molecular formula is C19H24N4OS2. The number of nitrogens with zero attached hydrogens (tertiary/aromatic N) is 3. The van der Waals surface area contributed by atoms with Crippen molar-refractivity contribution >= 4 is 28.6 Å². The Hall–Kier alpha value is -1.99. The number of nitrogens with one attached hydrogen (secondary N) is 1. The summed E-state index contributed by atoms with van der Waals surface area (Å²) in [6, 6.07) is 4.10. The molecule has 1 amide bonds. The quantitative estimate of drug-likeness (QED) is 0.629. The molecule has 1 N–H and O–H groups in total. The van der Waals surface area contributed by atoms with Crippen molar-refractivity contribution < 1.29 is 4.79 Å². The van der Waals surface area contributed by atoms with E-state index in [2.05, 4.69) is 38.3 Å². The summed E-state index contributed by atoms with van der Waals surface area (Å²) in [5.74, 6) is 0.0691. The molecule has 0 spiro atoms. The van der Waals surface area contributed by atoms with Crippen LogP contribution in [0.3, 0.4) is 0 Å². The Kier molecular flexibility index (Phi) is 6.21. The summed E-state index contributed by atoms with van der Waals surface area (Å²) >= 11 is 3.29. The molecule has 3 rings (SSSR count). The highest BCUT2D eigenvalue weighted by atomic mass is 32.1. The number of amides is 1. The van der Waals surface area contributed by atoms with Crippen molar-refractivity contribution in [3.05, 3.63) is 55.9 Å². The molecule has 0 aliphatic rings. The molecule has 0 saturated carbocycles. The van der Waals surface area contributed by atoms with Crippen LogP contribution in [0.1, 0.15) is 46.5 Å². The highest BCUT2D eigenvalue weighted by molar-refractivity contribution is 7.09. The van der Waals surface area contributed by atoms with E-state index in [-0.39, 0.29) is 11.9 Å². The normalized spacial score (nSPS) is 12.3. The molecule has 0 aromatic carbocycles. The predicted octanol–water partition coefficient (Wildman–Crippen LogP) is 4.21. The Bertz CT molecular complexity index is 851. The zero-order valence-electron chi connectivity index (χ0n) is 15.4. The lowest BCUT2D eigenvalue weighted by atomic mass is 10.1. The van der Waals surface area contributed by atoms with Gasteiger partial charge in [-0.2, -0.15) is 16.4 Å². The summed E-state index contributed by atoms with van der Waals surface area (Å²) in [5.41, 5.74) is 4.38. The van der Waals surface area contributed by atoms with Crippen LogP contribution in [0.15, 0.2) is 28.3 Å². The van der Waals surface area contributed by atoms with Crippen molar-refractivity contribution in [2.45, 2.75) is 52.6 Å². The van der Waals surface area contributed by atoms with E-state index < -0.39 is 0 Å². The first kappa shape index (κ1) is 18.8. The van der Waals surface area contributed by atoms with E-state index in [1.807, 2.05) is 30.8 Å². The Morgan fingerprint density at radius 2 is 2.12 bits per heavy atom. The number of aryl methyl sites for hydroxylation is 4. The average Bonchev–Trinajstić information content (AvgIpc) is 3.30. The van der Waals surface area contributed by atoms with Crippen LogP contribution in [0.4, 0.5) is 0 Å². The van der Waals surface area contributed by atoms with Gasteiger partial charge in [-0.3, -0.25) is 9.48 Å². The molecule has 3 heterocycles. The van der Waals surface area contributed by atoms with Gasteiger partial charge in [0.05, 0.1) is 11.7 Å². The largest absolute Gasteiger partial charge is 0.347 e. The van der Waals surface area contributed by atoms with Crippen LogP contribution >= 0.6 is 22.7 Å². The zero-order chi connectivity index (χ0) is 18.5. The number of carbonyl (C=O) groups is 1. The van der Waals surface area contributed by atoms with E-state index in [1.54, 1.807) is 22.7 Å². The fraction of sp³-hybridized carbons (Fsp3) is 0.421. The smallest absolute Gasteiger partial charge is 0.220 e. The van der Waals surface area contributed by atoms with Gasteiger partial charge in [-0.05, 0) is 55.6 Å². The molecule has 0 aliphatic heterocycles. The maximum atomic E-state index is 12.5. The minimum Gasteiger partial charge on any atom is -0.347 e. The lowest BCUT2D eigenvalue weighted by molar-refractivity contribution is -0.122. The Morgan fingerprint density at radius 1 is 1.27 bits per heavy atom. The molecule has 3 aromatic heterocycles. The summed E-state index contributed by atoms with van der Waals surface area (Å²) in [4.78, 5) is 17.1. The van der Waals surface area contributed by atoms with Gasteiger partial charge in [-0.25, -0.2) is 4.98 Å². The van der Waals surface area contributed by atoms with Crippen LogP contribution in [-0.2, 0) is 17.8 Å². The number of carbonyl (C=O) groups excluding carboxylic acids is 1. The van der Waals surface area contributed by atoms with Crippen LogP contribution in [0.5, 0.6) is 0 Å². The van der Waals surface area contributed by atoms with Gasteiger partial charge in [0.25, 0.3) is 0 Å². The van der Waals surface area contributed by atoms with E-state index >= 15 is 0 Å². The van der Waals surface area contributed by atoms with E-state index in [1.165, 1.54) is 5.56 Å². The number of rotatable bonds is 8. The monoisotopic (exact) mass is 388 g/mol. The number of aromatic nitrogens is 3. The molecule has 0 saturated heterocycles. The highest BCUT2D eigenvalue weighted by Crippen LogP contribution is 2.23. The van der Waals surface area contributed by atoms with Crippen LogP contribution < -0.4 is 5.32 Å². The number of hydrogen-bond donors (Lipinski definition) is 1. The summed E-state index contributed by atoms with van der Waals surface area (Å²) in [6.45, 7) is 6.78. The number of hydrogen-bond acceptors (Lipinski definition) is 5. The van der Waals surface area contributed by atoms with Gasteiger partial charge < -0.3 is 5.32 Å². The Labute approximate surface area is 162 Å². The zero-order valence-corrected chi connectivity index (χ0v) is 17.0. The maximum absolute atomic E-state index is 12.5. The van der Waals surface area contributed by atoms with Gasteiger partial charge in [0, 0.05) is 36.2 Å². The highest BCUT2D eigenvalue weighted by Gasteiger charge is 2.18. The summed E-state index contributed by atoms with van der Waals surface area (Å²) < 4.78 is 1.97. The average molecular weight is 389 g/mol. The molecule has 0 aliphatic carbocycles. The third-order valence-corrected chi connectivity index (χ3v) is 5.98. The van der Waals surface area contributed by atoms with Crippen molar-refractivity contribution in [1.82, 2.24) is 20.1 Å². The first-order valence-electron chi connectivity index (χ1n) is 8.75. The van der Waals surface area contributed by atoms with Crippen LogP contribution in [0.25, 0.3) is 0 Å². The first-order valence-corrected chi connectivity index (χ1v) is 10.6. The van der Waals surface area contributed by atoms with E-state index in [4.69, 9.17) is 0 Å². The SMILES string of the molecule is Cc1csc(C(Cc2ccsc2)NC(=O)CCCn2nc(C)cc2C)n1. The van der Waals surface area contributed by atoms with E-state index in [0.29, 0.717) is 6.42 Å². The predicted molar refractivity (Wildman–Crippen MR) is 107 cm³/mol. The minimum absolute atomic E-state index is 0.0653. The van der Waals surface area contributed by atoms with E-state index in [0.717, 1.165) is 41.5 Å². The molecule has 7 heteroatoms. The molecular weight excluding hydrogens is 364 g/mol. The van der Waals surface area contributed by atoms with Gasteiger partial charge in [0.1, 0.15) is 5.01 Å². The second-order valence-electron chi connectivity index (χ2n) is 6.54. The molecule has 1 unspecified atom stereocenters. The maximum Gasteiger partial charge on any atom is 0.220 e. The topological polar surface area (TPSA) is 59.8 Å². The lowest BCUT2D eigenvalue weighted by Crippen LogP contribution is -2.30. The second kappa shape index (κ2) is 8.60. The van der Waals surface area contributed by atoms with E-state index in [9.17, 15) is 4.79 Å². The summed E-state index contributed by atoms with van der Waals surface area (Å²) in [5, 5.41) is 14.8. The Balaban J connectivity index is 1.57. The molecule has 0 radical (unpaired) electrons. The molecule has 3 aromatic rings. The second-order valence-corrected chi connectivity index (χ2v) is 8.21. The van der Waals surface area contributed by atoms with Crippen molar-refractivity contribution in [3.63, 3.8) is 0 Å². The van der Waals surface area contributed by atoms with Crippen molar-refractivity contribution in [3.8, 4) is 0 Å². The molecule has 138 valence electrons. The molecule has 0 bridgehead atoms. The first-order chi connectivity index (χ1) is 12.5. The van der Waals surface area contributed by atoms with Crippen LogP contribution in [0, 0.1) is 20.8 Å². The van der Waals surface area contributed by atoms with Gasteiger partial charge in [-0.1, -0.05) is 0 Å². The summed E-state index contributed by atoms with van der Waals surface area (Å²) in [7, 11) is 0. The number of thiazole rings is 1. The van der Waals surface area contributed by atoms with Crippen LogP contribution in [0.2, 0.25) is 0 Å². The van der Waals surface area contributed by atoms with Gasteiger partial charge in [0.2, 0.25) is 5.91 Å². The van der Waals surface area contributed by atoms with Crippen molar-refractivity contribution in [1.29, 1.82) is 0 Å². The molecule has 0 fully saturated rings. The van der Waals surface area contributed by atoms with Gasteiger partial charge >= 0.3 is 0 Å². The fourth-order valence-electron chi connectivity index (χ4n) is 2.93. The fourth-order valence-corrected chi connectivity index (χ4v) is 4.46. The van der Waals surface area contributed by atoms with Crippen molar-refractivity contribution in [2.24, 2.45) is 0 Å². The standard InChI is InChI=1S/C19H24N4OS2/c1-13-9-15(3)23(22-13)7-4-5-18(24)21-17(10-16-6-8-25-12-16)19-20-14(2)11-26-19/h6,8-9,11-12,17H,4-5,7,10H2,1-3H3,(H,21,24). The van der Waals surface area contributed by atoms with Gasteiger partial charge in [-0.15, -0.1) is 11.3 Å². The summed E-state index contributed by atoms with van der Waals surface area (Å²) in [6.07, 6.45) is 2.04. The van der Waals surface area contributed by atoms with Gasteiger partial charge in [0.15, 0.2) is 0 Å². The minimum atomic E-state index is -0.0653. The third-order valence-electron chi connectivity index (χ3n) is 4.17. The lowest BCUT2D eigenvalue weighted by Gasteiger charge is -2.16. The molecule has 1 atom stereocenters. The Morgan fingerprint density at radius 3 is 2.73 bits per heavy atom. The molecule has 5 nitrogen and oxygen atoms in total. The molecule has 26 heavy (non-hydrogen) atoms. The third kappa shape index (κ3) is 5.02. The van der Waals surface area contributed by atoms with Crippen LogP contribution in [-0.4, -0.2) is 20.7 Å². The number of thiophene rings is 1. The van der Waals surface area contributed by atoms with Crippen molar-refractivity contribution in [2.75, 3.05) is 0 Å².